The molecule has 0 unspecified atom stereocenters. The van der Waals surface area contributed by atoms with Crippen LogP contribution >= 0.6 is 11.6 Å². The number of hydrogen-bond acceptors (Lipinski definition) is 2. The van der Waals surface area contributed by atoms with Gasteiger partial charge in [-0.25, -0.2) is 9.98 Å². The van der Waals surface area contributed by atoms with E-state index in [1.54, 1.807) is 30.4 Å². The van der Waals surface area contributed by atoms with Crippen molar-refractivity contribution < 1.29 is 9.59 Å². The van der Waals surface area contributed by atoms with Crippen LogP contribution in [0.3, 0.4) is 0 Å². The monoisotopic (exact) mass is 448 g/mol. The van der Waals surface area contributed by atoms with Gasteiger partial charge < -0.3 is 0 Å². The number of hydrogen-bond donors (Lipinski definition) is 0. The van der Waals surface area contributed by atoms with Gasteiger partial charge in [-0.2, -0.15) is 0 Å². The molecule has 4 nitrogen and oxygen atoms in total. The second-order valence-corrected chi connectivity index (χ2v) is 8.00. The summed E-state index contributed by atoms with van der Waals surface area (Å²) < 4.78 is 0. The number of allylic oxidation sites excluding steroid dienone is 4. The highest BCUT2D eigenvalue weighted by Crippen LogP contribution is 2.19. The van der Waals surface area contributed by atoms with E-state index in [9.17, 15) is 9.59 Å². The molecule has 0 N–H and O–H groups in total. The Bertz CT molecular complexity index is 1560. The maximum atomic E-state index is 12.7. The predicted molar refractivity (Wildman–Crippen MR) is 135 cm³/mol. The standard InChI is InChI=1S/C28H17ClN2O2/c29-25-17-24(30-27(32)22-11-9-18-5-1-3-7-20(18)15-22)13-14-26(25)31-28(33)23-12-10-19-6-2-4-8-21(19)16-23/h1-17H. The molecule has 0 bridgehead atoms. The predicted octanol–water partition coefficient (Wildman–Crippen LogP) is 6.55. The van der Waals surface area contributed by atoms with Gasteiger partial charge in [0.15, 0.2) is 0 Å². The number of carbonyl (C=O) groups is 2. The van der Waals surface area contributed by atoms with E-state index in [-0.39, 0.29) is 16.8 Å². The molecule has 5 heteroatoms. The zero-order valence-electron chi connectivity index (χ0n) is 17.4. The van der Waals surface area contributed by atoms with Gasteiger partial charge in [-0.15, -0.1) is 0 Å². The van der Waals surface area contributed by atoms with E-state index in [1.807, 2.05) is 66.7 Å². The Kier molecular flexibility index (Phi) is 5.51. The van der Waals surface area contributed by atoms with Crippen molar-refractivity contribution in [1.29, 1.82) is 0 Å². The summed E-state index contributed by atoms with van der Waals surface area (Å²) in [5.41, 5.74) is 1.69. The van der Waals surface area contributed by atoms with Gasteiger partial charge in [-0.05, 0) is 64.0 Å². The maximum absolute atomic E-state index is 12.7. The highest BCUT2D eigenvalue weighted by atomic mass is 35.5. The van der Waals surface area contributed by atoms with Crippen LogP contribution in [0.5, 0.6) is 0 Å². The molecule has 1 aliphatic rings. The fraction of sp³-hybridized carbons (Fsp3) is 0. The van der Waals surface area contributed by atoms with E-state index >= 15 is 0 Å². The number of halogens is 1. The third kappa shape index (κ3) is 4.43. The number of rotatable bonds is 2. The lowest BCUT2D eigenvalue weighted by Crippen LogP contribution is -2.09. The van der Waals surface area contributed by atoms with Crippen LogP contribution in [0.15, 0.2) is 118 Å². The zero-order chi connectivity index (χ0) is 22.8. The van der Waals surface area contributed by atoms with Crippen LogP contribution in [0.2, 0.25) is 0 Å². The molecule has 2 amide bonds. The van der Waals surface area contributed by atoms with Crippen molar-refractivity contribution in [2.45, 2.75) is 0 Å². The fourth-order valence-corrected chi connectivity index (χ4v) is 3.87. The first-order valence-corrected chi connectivity index (χ1v) is 10.7. The summed E-state index contributed by atoms with van der Waals surface area (Å²) in [5.74, 6) is -0.756. The van der Waals surface area contributed by atoms with Gasteiger partial charge in [0.05, 0.1) is 16.5 Å². The second kappa shape index (κ2) is 8.77. The summed E-state index contributed by atoms with van der Waals surface area (Å²) in [6.45, 7) is 0. The number of benzene rings is 4. The molecule has 0 spiro atoms. The third-order valence-electron chi connectivity index (χ3n) is 5.38. The van der Waals surface area contributed by atoms with Crippen LogP contribution in [0, 0.1) is 0 Å². The summed E-state index contributed by atoms with van der Waals surface area (Å²) in [7, 11) is 0. The molecule has 0 saturated heterocycles. The fourth-order valence-electron chi connectivity index (χ4n) is 3.66. The van der Waals surface area contributed by atoms with Crippen molar-refractivity contribution in [3.05, 3.63) is 119 Å². The smallest absolute Gasteiger partial charge is 0.267 e. The minimum atomic E-state index is -0.389. The first-order valence-electron chi connectivity index (χ1n) is 10.4. The first kappa shape index (κ1) is 20.7. The van der Waals surface area contributed by atoms with Gasteiger partial charge in [0.1, 0.15) is 0 Å². The Morgan fingerprint density at radius 3 is 1.67 bits per heavy atom. The summed E-state index contributed by atoms with van der Waals surface area (Å²) in [4.78, 5) is 33.6. The normalized spacial score (nSPS) is 15.8. The average Bonchev–Trinajstić information content (AvgIpc) is 2.85. The van der Waals surface area contributed by atoms with Crippen LogP contribution in [-0.4, -0.2) is 23.2 Å². The number of carbonyl (C=O) groups excluding carboxylic acids is 2. The van der Waals surface area contributed by atoms with Crippen LogP contribution in [0.1, 0.15) is 20.7 Å². The Hall–Kier alpha value is -4.15. The Balaban J connectivity index is 1.36. The van der Waals surface area contributed by atoms with E-state index in [0.29, 0.717) is 22.6 Å². The molecule has 33 heavy (non-hydrogen) atoms. The van der Waals surface area contributed by atoms with Crippen molar-refractivity contribution in [2.75, 3.05) is 0 Å². The second-order valence-electron chi connectivity index (χ2n) is 7.59. The minimum absolute atomic E-state index is 0.247. The molecule has 0 saturated carbocycles. The van der Waals surface area contributed by atoms with Crippen LogP contribution in [-0.2, 0) is 0 Å². The first-order chi connectivity index (χ1) is 16.1. The lowest BCUT2D eigenvalue weighted by Gasteiger charge is -2.07. The van der Waals surface area contributed by atoms with Gasteiger partial charge in [0, 0.05) is 11.1 Å². The van der Waals surface area contributed by atoms with E-state index in [0.717, 1.165) is 21.5 Å². The van der Waals surface area contributed by atoms with Crippen LogP contribution in [0.25, 0.3) is 21.5 Å². The van der Waals surface area contributed by atoms with Crippen molar-refractivity contribution in [1.82, 2.24) is 0 Å². The lowest BCUT2D eigenvalue weighted by molar-refractivity contribution is 0.0994. The molecule has 0 aromatic heterocycles. The van der Waals surface area contributed by atoms with E-state index < -0.39 is 0 Å². The average molecular weight is 449 g/mol. The SMILES string of the molecule is O=C(N=C1C=CC(=NC(=O)c2ccc3ccccc3c2)C(Cl)=C1)c1ccc2ccccc2c1. The summed E-state index contributed by atoms with van der Waals surface area (Å²) in [6.07, 6.45) is 4.75. The number of fused-ring (bicyclic) bond motifs is 2. The molecule has 1 aliphatic carbocycles. The molecule has 158 valence electrons. The van der Waals surface area contributed by atoms with Gasteiger partial charge in [-0.1, -0.05) is 72.3 Å². The van der Waals surface area contributed by atoms with Crippen molar-refractivity contribution in [3.63, 3.8) is 0 Å². The zero-order valence-corrected chi connectivity index (χ0v) is 18.2. The largest absolute Gasteiger partial charge is 0.277 e. The third-order valence-corrected chi connectivity index (χ3v) is 5.68. The number of aliphatic imine (C=N–C) groups is 2. The van der Waals surface area contributed by atoms with E-state index in [1.165, 1.54) is 6.08 Å². The quantitative estimate of drug-likeness (QED) is 0.326. The van der Waals surface area contributed by atoms with E-state index in [2.05, 4.69) is 9.98 Å². The minimum Gasteiger partial charge on any atom is -0.267 e. The van der Waals surface area contributed by atoms with Crippen molar-refractivity contribution in [2.24, 2.45) is 9.98 Å². The lowest BCUT2D eigenvalue weighted by atomic mass is 10.1. The Morgan fingerprint density at radius 1 is 0.606 bits per heavy atom. The molecule has 4 aromatic rings. The molecule has 4 aromatic carbocycles. The summed E-state index contributed by atoms with van der Waals surface area (Å²) >= 11 is 6.35. The van der Waals surface area contributed by atoms with Gasteiger partial charge in [0.25, 0.3) is 11.8 Å². The van der Waals surface area contributed by atoms with Crippen molar-refractivity contribution >= 4 is 56.4 Å². The summed E-state index contributed by atoms with van der Waals surface area (Å²) in [5, 5.41) is 4.29. The summed E-state index contributed by atoms with van der Waals surface area (Å²) in [6, 6.07) is 26.5. The Morgan fingerprint density at radius 2 is 1.12 bits per heavy atom. The van der Waals surface area contributed by atoms with E-state index in [4.69, 9.17) is 11.6 Å². The molecule has 0 heterocycles. The highest BCUT2D eigenvalue weighted by molar-refractivity contribution is 6.49. The maximum Gasteiger partial charge on any atom is 0.277 e. The molecule has 0 atom stereocenters. The van der Waals surface area contributed by atoms with Gasteiger partial charge >= 0.3 is 0 Å². The molecule has 0 radical (unpaired) electrons. The van der Waals surface area contributed by atoms with Crippen LogP contribution < -0.4 is 0 Å². The topological polar surface area (TPSA) is 58.9 Å². The van der Waals surface area contributed by atoms with Gasteiger partial charge in [-0.3, -0.25) is 9.59 Å². The molecule has 0 aliphatic heterocycles. The van der Waals surface area contributed by atoms with Gasteiger partial charge in [0.2, 0.25) is 0 Å². The molecular weight excluding hydrogens is 432 g/mol. The molecular formula is C28H17ClN2O2. The van der Waals surface area contributed by atoms with Crippen LogP contribution in [0.4, 0.5) is 0 Å². The molecule has 0 fully saturated rings. The Labute approximate surface area is 195 Å². The molecule has 5 rings (SSSR count). The number of amides is 2. The highest BCUT2D eigenvalue weighted by Gasteiger charge is 2.14. The van der Waals surface area contributed by atoms with Crippen molar-refractivity contribution in [3.8, 4) is 0 Å². The number of nitrogens with zero attached hydrogens (tertiary/aromatic N) is 2.